The maximum atomic E-state index is 11.2. The van der Waals surface area contributed by atoms with Gasteiger partial charge in [-0.25, -0.2) is 0 Å². The molecular formula is C13H19NO2. The first-order valence-corrected chi connectivity index (χ1v) is 5.66. The summed E-state index contributed by atoms with van der Waals surface area (Å²) >= 11 is 0. The number of carbonyl (C=O) groups is 1. The highest BCUT2D eigenvalue weighted by Crippen LogP contribution is 2.12. The Kier molecular flexibility index (Phi) is 5.40. The number of ether oxygens (including phenoxy) is 1. The van der Waals surface area contributed by atoms with Gasteiger partial charge < -0.3 is 10.1 Å². The molecular weight excluding hydrogens is 202 g/mol. The van der Waals surface area contributed by atoms with Gasteiger partial charge in [0.25, 0.3) is 0 Å². The summed E-state index contributed by atoms with van der Waals surface area (Å²) < 4.78 is 5.13. The van der Waals surface area contributed by atoms with Gasteiger partial charge in [0.2, 0.25) is 5.91 Å². The highest BCUT2D eigenvalue weighted by molar-refractivity contribution is 5.75. The first-order chi connectivity index (χ1) is 7.76. The summed E-state index contributed by atoms with van der Waals surface area (Å²) in [6.07, 6.45) is 2.34. The van der Waals surface area contributed by atoms with E-state index >= 15 is 0 Å². The van der Waals surface area contributed by atoms with Crippen molar-refractivity contribution in [1.82, 2.24) is 5.32 Å². The van der Waals surface area contributed by atoms with Gasteiger partial charge in [-0.05, 0) is 30.5 Å². The monoisotopic (exact) mass is 221 g/mol. The van der Waals surface area contributed by atoms with Crippen molar-refractivity contribution in [3.05, 3.63) is 29.8 Å². The Morgan fingerprint density at radius 2 is 2.25 bits per heavy atom. The number of methoxy groups -OCH3 is 1. The van der Waals surface area contributed by atoms with E-state index in [4.69, 9.17) is 4.74 Å². The average molecular weight is 221 g/mol. The molecule has 88 valence electrons. The fraction of sp³-hybridized carbons (Fsp3) is 0.462. The molecule has 16 heavy (non-hydrogen) atoms. The number of amides is 1. The van der Waals surface area contributed by atoms with Crippen LogP contribution in [0.2, 0.25) is 0 Å². The molecule has 0 aliphatic carbocycles. The van der Waals surface area contributed by atoms with Gasteiger partial charge in [-0.2, -0.15) is 0 Å². The first-order valence-electron chi connectivity index (χ1n) is 5.66. The molecule has 0 aliphatic heterocycles. The lowest BCUT2D eigenvalue weighted by Gasteiger charge is -2.06. The maximum Gasteiger partial charge on any atom is 0.219 e. The Labute approximate surface area is 96.8 Å². The van der Waals surface area contributed by atoms with Gasteiger partial charge in [-0.1, -0.05) is 19.1 Å². The lowest BCUT2D eigenvalue weighted by Crippen LogP contribution is -2.25. The molecule has 3 heteroatoms. The zero-order chi connectivity index (χ0) is 11.8. The molecule has 1 rings (SSSR count). The summed E-state index contributed by atoms with van der Waals surface area (Å²) in [5.41, 5.74) is 1.18. The zero-order valence-electron chi connectivity index (χ0n) is 9.95. The fourth-order valence-corrected chi connectivity index (χ4v) is 1.49. The van der Waals surface area contributed by atoms with Crippen LogP contribution in [0.1, 0.15) is 25.3 Å². The maximum absolute atomic E-state index is 11.2. The van der Waals surface area contributed by atoms with E-state index in [1.54, 1.807) is 7.11 Å². The number of hydrogen-bond donors (Lipinski definition) is 1. The summed E-state index contributed by atoms with van der Waals surface area (Å²) in [5, 5.41) is 2.89. The van der Waals surface area contributed by atoms with Crippen molar-refractivity contribution in [2.45, 2.75) is 26.2 Å². The predicted octanol–water partition coefficient (Wildman–Crippen LogP) is 2.15. The van der Waals surface area contributed by atoms with Gasteiger partial charge >= 0.3 is 0 Å². The predicted molar refractivity (Wildman–Crippen MR) is 64.6 cm³/mol. The van der Waals surface area contributed by atoms with Crippen LogP contribution in [0.15, 0.2) is 24.3 Å². The lowest BCUT2D eigenvalue weighted by atomic mass is 10.1. The van der Waals surface area contributed by atoms with E-state index in [1.807, 2.05) is 31.2 Å². The number of nitrogens with one attached hydrogen (secondary N) is 1. The van der Waals surface area contributed by atoms with Crippen LogP contribution in [0, 0.1) is 0 Å². The second-order valence-corrected chi connectivity index (χ2v) is 3.70. The van der Waals surface area contributed by atoms with Crippen LogP contribution >= 0.6 is 0 Å². The van der Waals surface area contributed by atoms with E-state index in [2.05, 4.69) is 5.32 Å². The molecule has 0 saturated heterocycles. The van der Waals surface area contributed by atoms with Crippen molar-refractivity contribution in [2.24, 2.45) is 0 Å². The van der Waals surface area contributed by atoms with Crippen LogP contribution in [-0.2, 0) is 11.2 Å². The molecule has 1 N–H and O–H groups in total. The van der Waals surface area contributed by atoms with E-state index in [0.717, 1.165) is 18.6 Å². The Morgan fingerprint density at radius 1 is 1.44 bits per heavy atom. The lowest BCUT2D eigenvalue weighted by molar-refractivity contribution is -0.121. The molecule has 0 fully saturated rings. The molecule has 0 heterocycles. The summed E-state index contributed by atoms with van der Waals surface area (Å²) in [7, 11) is 1.65. The molecule has 0 aromatic heterocycles. The van der Waals surface area contributed by atoms with Gasteiger partial charge in [-0.15, -0.1) is 0 Å². The number of carbonyl (C=O) groups excluding carboxylic acids is 1. The molecule has 0 atom stereocenters. The molecule has 1 amide bonds. The van der Waals surface area contributed by atoms with E-state index < -0.39 is 0 Å². The highest BCUT2D eigenvalue weighted by atomic mass is 16.5. The van der Waals surface area contributed by atoms with E-state index in [-0.39, 0.29) is 5.91 Å². The smallest absolute Gasteiger partial charge is 0.219 e. The van der Waals surface area contributed by atoms with Crippen LogP contribution in [0.3, 0.4) is 0 Å². The minimum Gasteiger partial charge on any atom is -0.497 e. The SMILES string of the molecule is CCCC(=O)NCCc1cccc(OC)c1. The van der Waals surface area contributed by atoms with E-state index in [9.17, 15) is 4.79 Å². The second kappa shape index (κ2) is 6.88. The van der Waals surface area contributed by atoms with Gasteiger partial charge in [0.15, 0.2) is 0 Å². The van der Waals surface area contributed by atoms with Gasteiger partial charge in [-0.3, -0.25) is 4.79 Å². The third kappa shape index (κ3) is 4.34. The van der Waals surface area contributed by atoms with Crippen LogP contribution < -0.4 is 10.1 Å². The molecule has 0 spiro atoms. The van der Waals surface area contributed by atoms with Crippen LogP contribution in [-0.4, -0.2) is 19.6 Å². The summed E-state index contributed by atoms with van der Waals surface area (Å²) in [5.74, 6) is 0.989. The Balaban J connectivity index is 2.34. The van der Waals surface area contributed by atoms with Crippen molar-refractivity contribution in [1.29, 1.82) is 0 Å². The molecule has 0 radical (unpaired) electrons. The van der Waals surface area contributed by atoms with Crippen molar-refractivity contribution in [3.8, 4) is 5.75 Å². The van der Waals surface area contributed by atoms with E-state index in [0.29, 0.717) is 13.0 Å². The van der Waals surface area contributed by atoms with Crippen molar-refractivity contribution < 1.29 is 9.53 Å². The summed E-state index contributed by atoms with van der Waals surface area (Å²) in [6, 6.07) is 7.90. The van der Waals surface area contributed by atoms with Crippen molar-refractivity contribution >= 4 is 5.91 Å². The largest absolute Gasteiger partial charge is 0.497 e. The van der Waals surface area contributed by atoms with Crippen LogP contribution in [0.25, 0.3) is 0 Å². The molecule has 0 saturated carbocycles. The quantitative estimate of drug-likeness (QED) is 0.799. The van der Waals surface area contributed by atoms with Crippen LogP contribution in [0.4, 0.5) is 0 Å². The van der Waals surface area contributed by atoms with Gasteiger partial charge in [0.1, 0.15) is 5.75 Å². The third-order valence-corrected chi connectivity index (χ3v) is 2.35. The molecule has 0 aliphatic rings. The Hall–Kier alpha value is -1.51. The standard InChI is InChI=1S/C13H19NO2/c1-3-5-13(15)14-9-8-11-6-4-7-12(10-11)16-2/h4,6-7,10H,3,5,8-9H2,1-2H3,(H,14,15). The Bertz CT molecular complexity index is 336. The third-order valence-electron chi connectivity index (χ3n) is 2.35. The van der Waals surface area contributed by atoms with E-state index in [1.165, 1.54) is 5.56 Å². The molecule has 1 aromatic rings. The van der Waals surface area contributed by atoms with Crippen molar-refractivity contribution in [2.75, 3.05) is 13.7 Å². The number of rotatable bonds is 6. The van der Waals surface area contributed by atoms with Gasteiger partial charge in [0, 0.05) is 13.0 Å². The average Bonchev–Trinajstić information content (AvgIpc) is 2.30. The minimum atomic E-state index is 0.130. The summed E-state index contributed by atoms with van der Waals surface area (Å²) in [6.45, 7) is 2.69. The second-order valence-electron chi connectivity index (χ2n) is 3.70. The molecule has 0 unspecified atom stereocenters. The topological polar surface area (TPSA) is 38.3 Å². The normalized spacial score (nSPS) is 9.88. The highest BCUT2D eigenvalue weighted by Gasteiger charge is 1.99. The Morgan fingerprint density at radius 3 is 2.94 bits per heavy atom. The number of benzene rings is 1. The van der Waals surface area contributed by atoms with Crippen molar-refractivity contribution in [3.63, 3.8) is 0 Å². The minimum absolute atomic E-state index is 0.130. The first kappa shape index (κ1) is 12.6. The summed E-state index contributed by atoms with van der Waals surface area (Å²) in [4.78, 5) is 11.2. The molecule has 0 bridgehead atoms. The molecule has 3 nitrogen and oxygen atoms in total. The molecule has 1 aromatic carbocycles. The fourth-order valence-electron chi connectivity index (χ4n) is 1.49. The van der Waals surface area contributed by atoms with Crippen LogP contribution in [0.5, 0.6) is 5.75 Å². The van der Waals surface area contributed by atoms with Gasteiger partial charge in [0.05, 0.1) is 7.11 Å². The number of hydrogen-bond acceptors (Lipinski definition) is 2. The zero-order valence-corrected chi connectivity index (χ0v) is 9.95.